The molecule has 2 unspecified atom stereocenters. The summed E-state index contributed by atoms with van der Waals surface area (Å²) >= 11 is 0. The minimum absolute atomic E-state index is 0.263. The van der Waals surface area contributed by atoms with Gasteiger partial charge in [-0.15, -0.1) is 0 Å². The normalized spacial score (nSPS) is 25.6. The number of sulfone groups is 1. The van der Waals surface area contributed by atoms with Crippen LogP contribution in [-0.2, 0) is 9.84 Å². The number of hydrogen-bond acceptors (Lipinski definition) is 4. The Morgan fingerprint density at radius 3 is 2.58 bits per heavy atom. The molecule has 0 spiro atoms. The monoisotopic (exact) mass is 290 g/mol. The van der Waals surface area contributed by atoms with Gasteiger partial charge in [0.15, 0.2) is 9.84 Å². The van der Waals surface area contributed by atoms with Crippen molar-refractivity contribution in [1.29, 1.82) is 0 Å². The molecule has 0 amide bonds. The molecule has 19 heavy (non-hydrogen) atoms. The van der Waals surface area contributed by atoms with Crippen LogP contribution in [0.25, 0.3) is 0 Å². The van der Waals surface area contributed by atoms with Gasteiger partial charge in [-0.05, 0) is 31.8 Å². The fraction of sp³-hybridized carbons (Fsp3) is 1.00. The lowest BCUT2D eigenvalue weighted by molar-refractivity contribution is 0.141. The van der Waals surface area contributed by atoms with Gasteiger partial charge < -0.3 is 10.2 Å². The summed E-state index contributed by atoms with van der Waals surface area (Å²) in [7, 11) is -2.83. The highest BCUT2D eigenvalue weighted by atomic mass is 32.2. The molecule has 114 valence electrons. The van der Waals surface area contributed by atoms with E-state index in [4.69, 9.17) is 0 Å². The second-order valence-corrected chi connectivity index (χ2v) is 8.03. The minimum Gasteiger partial charge on any atom is -0.314 e. The van der Waals surface area contributed by atoms with Gasteiger partial charge in [-0.2, -0.15) is 0 Å². The van der Waals surface area contributed by atoms with E-state index in [1.54, 1.807) is 6.92 Å². The highest BCUT2D eigenvalue weighted by Gasteiger charge is 2.27. The average Bonchev–Trinajstić information content (AvgIpc) is 2.43. The van der Waals surface area contributed by atoms with Gasteiger partial charge in [0.2, 0.25) is 0 Å². The number of nitrogens with one attached hydrogen (secondary N) is 1. The van der Waals surface area contributed by atoms with Gasteiger partial charge in [0, 0.05) is 24.9 Å². The van der Waals surface area contributed by atoms with E-state index < -0.39 is 9.84 Å². The summed E-state index contributed by atoms with van der Waals surface area (Å²) in [5, 5.41) is 3.63. The van der Waals surface area contributed by atoms with Crippen LogP contribution in [0.2, 0.25) is 0 Å². The maximum atomic E-state index is 11.6. The van der Waals surface area contributed by atoms with Crippen LogP contribution in [0.5, 0.6) is 0 Å². The first-order valence-corrected chi connectivity index (χ1v) is 9.50. The number of rotatable bonds is 8. The van der Waals surface area contributed by atoms with Crippen molar-refractivity contribution in [2.24, 2.45) is 5.92 Å². The van der Waals surface area contributed by atoms with Crippen LogP contribution < -0.4 is 5.32 Å². The molecule has 4 nitrogen and oxygen atoms in total. The number of piperidine rings is 1. The molecular formula is C14H30N2O2S. The van der Waals surface area contributed by atoms with Crippen LogP contribution in [0.4, 0.5) is 0 Å². The average molecular weight is 290 g/mol. The molecule has 1 heterocycles. The summed E-state index contributed by atoms with van der Waals surface area (Å²) in [6.07, 6.45) is 3.48. The Bertz CT molecular complexity index is 343. The van der Waals surface area contributed by atoms with Crippen LogP contribution in [0, 0.1) is 5.92 Å². The molecule has 0 aromatic rings. The van der Waals surface area contributed by atoms with Crippen molar-refractivity contribution in [2.75, 3.05) is 37.7 Å². The minimum atomic E-state index is -2.83. The van der Waals surface area contributed by atoms with Gasteiger partial charge in [-0.1, -0.05) is 27.2 Å². The highest BCUT2D eigenvalue weighted by Crippen LogP contribution is 2.20. The molecule has 1 rings (SSSR count). The van der Waals surface area contributed by atoms with E-state index in [0.29, 0.717) is 24.3 Å². The predicted octanol–water partition coefficient (Wildman–Crippen LogP) is 1.52. The number of nitrogens with zero attached hydrogens (tertiary/aromatic N) is 1. The maximum absolute atomic E-state index is 11.6. The molecule has 0 aromatic heterocycles. The molecule has 5 heteroatoms. The molecule has 1 aliphatic heterocycles. The number of hydrogen-bond donors (Lipinski definition) is 1. The smallest absolute Gasteiger partial charge is 0.151 e. The van der Waals surface area contributed by atoms with E-state index in [1.165, 1.54) is 12.8 Å². The summed E-state index contributed by atoms with van der Waals surface area (Å²) in [6.45, 7) is 10.0. The Morgan fingerprint density at radius 2 is 2.00 bits per heavy atom. The van der Waals surface area contributed by atoms with Crippen molar-refractivity contribution in [3.8, 4) is 0 Å². The lowest BCUT2D eigenvalue weighted by atomic mass is 9.90. The predicted molar refractivity (Wildman–Crippen MR) is 81.2 cm³/mol. The molecule has 0 radical (unpaired) electrons. The number of likely N-dealkylation sites (tertiary alicyclic amines) is 1. The topological polar surface area (TPSA) is 49.4 Å². The fourth-order valence-electron chi connectivity index (χ4n) is 2.74. The van der Waals surface area contributed by atoms with Gasteiger partial charge in [0.1, 0.15) is 0 Å². The first-order chi connectivity index (χ1) is 9.02. The van der Waals surface area contributed by atoms with Crippen LogP contribution in [-0.4, -0.2) is 57.0 Å². The summed E-state index contributed by atoms with van der Waals surface area (Å²) in [5.41, 5.74) is 0. The van der Waals surface area contributed by atoms with Crippen LogP contribution in [0.1, 0.15) is 40.0 Å². The van der Waals surface area contributed by atoms with Crippen molar-refractivity contribution < 1.29 is 8.42 Å². The lowest BCUT2D eigenvalue weighted by Crippen LogP contribution is -2.50. The van der Waals surface area contributed by atoms with Crippen molar-refractivity contribution in [1.82, 2.24) is 10.2 Å². The molecule has 0 saturated carbocycles. The Morgan fingerprint density at radius 1 is 1.26 bits per heavy atom. The van der Waals surface area contributed by atoms with Gasteiger partial charge >= 0.3 is 0 Å². The van der Waals surface area contributed by atoms with Crippen molar-refractivity contribution in [3.05, 3.63) is 0 Å². The zero-order valence-corrected chi connectivity index (χ0v) is 13.5. The molecule has 1 fully saturated rings. The lowest BCUT2D eigenvalue weighted by Gasteiger charge is -2.38. The van der Waals surface area contributed by atoms with Crippen LogP contribution >= 0.6 is 0 Å². The Balaban J connectivity index is 2.41. The standard InChI is InChI=1S/C14H30N2O2S/c1-4-8-15-14-7-9-16(12-13(14)5-2)10-11-19(17,18)6-3/h13-15H,4-12H2,1-3H3. The third-order valence-electron chi connectivity index (χ3n) is 4.16. The van der Waals surface area contributed by atoms with E-state index in [9.17, 15) is 8.42 Å². The quantitative estimate of drug-likeness (QED) is 0.736. The summed E-state index contributed by atoms with van der Waals surface area (Å²) in [6, 6.07) is 0.615. The van der Waals surface area contributed by atoms with E-state index in [-0.39, 0.29) is 5.75 Å². The first kappa shape index (κ1) is 16.9. The van der Waals surface area contributed by atoms with Crippen molar-refractivity contribution >= 4 is 9.84 Å². The van der Waals surface area contributed by atoms with E-state index in [2.05, 4.69) is 24.1 Å². The highest BCUT2D eigenvalue weighted by molar-refractivity contribution is 7.91. The first-order valence-electron chi connectivity index (χ1n) is 7.68. The zero-order valence-electron chi connectivity index (χ0n) is 12.7. The third-order valence-corrected chi connectivity index (χ3v) is 5.84. The van der Waals surface area contributed by atoms with E-state index >= 15 is 0 Å². The third kappa shape index (κ3) is 5.79. The second-order valence-electron chi connectivity index (χ2n) is 5.55. The molecule has 0 bridgehead atoms. The largest absolute Gasteiger partial charge is 0.314 e. The maximum Gasteiger partial charge on any atom is 0.151 e. The molecule has 1 N–H and O–H groups in total. The zero-order chi connectivity index (χ0) is 14.3. The van der Waals surface area contributed by atoms with Gasteiger partial charge in [-0.25, -0.2) is 8.42 Å². The van der Waals surface area contributed by atoms with Crippen LogP contribution in [0.15, 0.2) is 0 Å². The van der Waals surface area contributed by atoms with Crippen LogP contribution in [0.3, 0.4) is 0 Å². The molecular weight excluding hydrogens is 260 g/mol. The van der Waals surface area contributed by atoms with Gasteiger partial charge in [-0.3, -0.25) is 0 Å². The SMILES string of the molecule is CCCNC1CCN(CCS(=O)(=O)CC)CC1CC. The summed E-state index contributed by atoms with van der Waals surface area (Å²) in [5.74, 6) is 1.23. The van der Waals surface area contributed by atoms with Crippen molar-refractivity contribution in [2.45, 2.75) is 46.1 Å². The van der Waals surface area contributed by atoms with Crippen molar-refractivity contribution in [3.63, 3.8) is 0 Å². The Hall–Kier alpha value is -0.130. The van der Waals surface area contributed by atoms with Gasteiger partial charge in [0.25, 0.3) is 0 Å². The molecule has 0 aliphatic carbocycles. The molecule has 2 atom stereocenters. The summed E-state index contributed by atoms with van der Waals surface area (Å²) in [4.78, 5) is 2.32. The molecule has 1 aliphatic rings. The molecule has 1 saturated heterocycles. The molecule has 0 aromatic carbocycles. The summed E-state index contributed by atoms with van der Waals surface area (Å²) < 4.78 is 23.1. The Labute approximate surface area is 118 Å². The Kier molecular flexibility index (Phi) is 7.32. The van der Waals surface area contributed by atoms with Gasteiger partial charge in [0.05, 0.1) is 5.75 Å². The second kappa shape index (κ2) is 8.22. The van der Waals surface area contributed by atoms with E-state index in [1.807, 2.05) is 0 Å². The van der Waals surface area contributed by atoms with E-state index in [0.717, 1.165) is 26.1 Å². The fourth-order valence-corrected chi connectivity index (χ4v) is 3.56.